The number of amidine groups is 1. The summed E-state index contributed by atoms with van der Waals surface area (Å²) in [4.78, 5) is 6.61. The molecule has 0 aliphatic rings. The monoisotopic (exact) mass is 272 g/mol. The van der Waals surface area contributed by atoms with Crippen LogP contribution in [-0.2, 0) is 11.3 Å². The van der Waals surface area contributed by atoms with Gasteiger partial charge in [0.2, 0.25) is 0 Å². The second-order valence-corrected chi connectivity index (χ2v) is 5.03. The lowest BCUT2D eigenvalue weighted by molar-refractivity contribution is 0.145. The SMILES string of the molecule is COCCN(CCC(N)=NO)Cc1csc(C)n1. The number of methoxy groups -OCH3 is 1. The van der Waals surface area contributed by atoms with Gasteiger partial charge in [-0.2, -0.15) is 0 Å². The second kappa shape index (κ2) is 8.02. The summed E-state index contributed by atoms with van der Waals surface area (Å²) < 4.78 is 5.08. The third-order valence-electron chi connectivity index (χ3n) is 2.48. The lowest BCUT2D eigenvalue weighted by Crippen LogP contribution is -2.31. The topological polar surface area (TPSA) is 84.0 Å². The largest absolute Gasteiger partial charge is 0.409 e. The van der Waals surface area contributed by atoms with Crippen molar-refractivity contribution in [1.82, 2.24) is 9.88 Å². The maximum absolute atomic E-state index is 8.53. The van der Waals surface area contributed by atoms with Crippen molar-refractivity contribution in [3.05, 3.63) is 16.1 Å². The van der Waals surface area contributed by atoms with Gasteiger partial charge in [0.05, 0.1) is 17.3 Å². The van der Waals surface area contributed by atoms with Gasteiger partial charge in [-0.05, 0) is 6.92 Å². The molecule has 6 nitrogen and oxygen atoms in total. The first-order chi connectivity index (χ1) is 8.65. The number of aryl methyl sites for hydroxylation is 1. The van der Waals surface area contributed by atoms with E-state index < -0.39 is 0 Å². The zero-order chi connectivity index (χ0) is 13.4. The molecule has 0 spiro atoms. The predicted octanol–water partition coefficient (Wildman–Crippen LogP) is 1.04. The van der Waals surface area contributed by atoms with Gasteiger partial charge in [0.15, 0.2) is 0 Å². The standard InChI is InChI=1S/C11H20N4O2S/c1-9-13-10(8-18-9)7-15(5-6-17-2)4-3-11(12)14-16/h8,16H,3-7H2,1-2H3,(H2,12,14). The first kappa shape index (κ1) is 14.9. The van der Waals surface area contributed by atoms with Crippen LogP contribution in [0.25, 0.3) is 0 Å². The van der Waals surface area contributed by atoms with E-state index in [9.17, 15) is 0 Å². The molecule has 0 bridgehead atoms. The van der Waals surface area contributed by atoms with Gasteiger partial charge in [-0.25, -0.2) is 4.98 Å². The van der Waals surface area contributed by atoms with Crippen molar-refractivity contribution >= 4 is 17.2 Å². The van der Waals surface area contributed by atoms with Crippen LogP contribution in [0.1, 0.15) is 17.1 Å². The molecule has 18 heavy (non-hydrogen) atoms. The molecule has 0 saturated heterocycles. The molecule has 0 aromatic carbocycles. The lowest BCUT2D eigenvalue weighted by atomic mass is 10.3. The molecule has 0 aliphatic carbocycles. The molecule has 0 atom stereocenters. The van der Waals surface area contributed by atoms with Gasteiger partial charge in [-0.15, -0.1) is 11.3 Å². The second-order valence-electron chi connectivity index (χ2n) is 3.97. The van der Waals surface area contributed by atoms with Crippen LogP contribution in [0.5, 0.6) is 0 Å². The Kier molecular flexibility index (Phi) is 6.63. The summed E-state index contributed by atoms with van der Waals surface area (Å²) in [5.74, 6) is 0.242. The van der Waals surface area contributed by atoms with Crippen molar-refractivity contribution in [1.29, 1.82) is 0 Å². The zero-order valence-electron chi connectivity index (χ0n) is 10.8. The number of aromatic nitrogens is 1. The van der Waals surface area contributed by atoms with Crippen LogP contribution in [0, 0.1) is 6.92 Å². The van der Waals surface area contributed by atoms with Crippen molar-refractivity contribution < 1.29 is 9.94 Å². The lowest BCUT2D eigenvalue weighted by Gasteiger charge is -2.20. The molecule has 0 radical (unpaired) electrons. The van der Waals surface area contributed by atoms with E-state index in [1.165, 1.54) is 0 Å². The molecule has 0 amide bonds. The van der Waals surface area contributed by atoms with Gasteiger partial charge in [0.25, 0.3) is 0 Å². The summed E-state index contributed by atoms with van der Waals surface area (Å²) in [5.41, 5.74) is 6.53. The molecular formula is C11H20N4O2S. The average molecular weight is 272 g/mol. The van der Waals surface area contributed by atoms with Gasteiger partial charge < -0.3 is 15.7 Å². The van der Waals surface area contributed by atoms with Crippen LogP contribution < -0.4 is 5.73 Å². The Morgan fingerprint density at radius 1 is 1.61 bits per heavy atom. The highest BCUT2D eigenvalue weighted by Gasteiger charge is 2.09. The Bertz CT molecular complexity index is 381. The van der Waals surface area contributed by atoms with E-state index in [2.05, 4.69) is 20.4 Å². The fraction of sp³-hybridized carbons (Fsp3) is 0.636. The van der Waals surface area contributed by atoms with Gasteiger partial charge in [0, 0.05) is 38.5 Å². The highest BCUT2D eigenvalue weighted by molar-refractivity contribution is 7.09. The molecule has 1 aromatic heterocycles. The fourth-order valence-corrected chi connectivity index (χ4v) is 2.13. The molecule has 0 saturated carbocycles. The van der Waals surface area contributed by atoms with E-state index in [1.54, 1.807) is 18.4 Å². The fourth-order valence-electron chi connectivity index (χ4n) is 1.52. The molecule has 3 N–H and O–H groups in total. The van der Waals surface area contributed by atoms with Crippen molar-refractivity contribution in [2.45, 2.75) is 19.9 Å². The Morgan fingerprint density at radius 2 is 2.39 bits per heavy atom. The van der Waals surface area contributed by atoms with Crippen molar-refractivity contribution in [2.75, 3.05) is 26.8 Å². The first-order valence-electron chi connectivity index (χ1n) is 5.74. The van der Waals surface area contributed by atoms with Crippen LogP contribution in [0.15, 0.2) is 10.5 Å². The minimum absolute atomic E-state index is 0.242. The van der Waals surface area contributed by atoms with E-state index in [1.807, 2.05) is 6.92 Å². The van der Waals surface area contributed by atoms with E-state index in [0.717, 1.165) is 30.3 Å². The molecule has 1 rings (SSSR count). The number of ether oxygens (including phenoxy) is 1. The third-order valence-corrected chi connectivity index (χ3v) is 3.30. The summed E-state index contributed by atoms with van der Waals surface area (Å²) in [6.07, 6.45) is 0.531. The molecule has 1 aromatic rings. The van der Waals surface area contributed by atoms with Crippen LogP contribution >= 0.6 is 11.3 Å². The minimum atomic E-state index is 0.242. The van der Waals surface area contributed by atoms with Gasteiger partial charge >= 0.3 is 0 Å². The van der Waals surface area contributed by atoms with Crippen LogP contribution in [0.3, 0.4) is 0 Å². The number of nitrogens with zero attached hydrogens (tertiary/aromatic N) is 3. The Balaban J connectivity index is 2.49. The molecule has 7 heteroatoms. The maximum atomic E-state index is 8.53. The van der Waals surface area contributed by atoms with E-state index in [0.29, 0.717) is 13.0 Å². The molecule has 1 heterocycles. The van der Waals surface area contributed by atoms with E-state index in [4.69, 9.17) is 15.7 Å². The molecule has 0 fully saturated rings. The van der Waals surface area contributed by atoms with Crippen LogP contribution in [0.2, 0.25) is 0 Å². The minimum Gasteiger partial charge on any atom is -0.409 e. The Hall–Kier alpha value is -1.18. The number of rotatable bonds is 8. The summed E-state index contributed by atoms with van der Waals surface area (Å²) in [6.45, 7) is 4.91. The smallest absolute Gasteiger partial charge is 0.140 e. The van der Waals surface area contributed by atoms with E-state index >= 15 is 0 Å². The van der Waals surface area contributed by atoms with Gasteiger partial charge in [-0.1, -0.05) is 5.16 Å². The normalized spacial score (nSPS) is 12.3. The van der Waals surface area contributed by atoms with Crippen LogP contribution in [-0.4, -0.2) is 47.7 Å². The molecule has 0 unspecified atom stereocenters. The van der Waals surface area contributed by atoms with Crippen LogP contribution in [0.4, 0.5) is 0 Å². The van der Waals surface area contributed by atoms with E-state index in [-0.39, 0.29) is 5.84 Å². The van der Waals surface area contributed by atoms with Gasteiger partial charge in [-0.3, -0.25) is 4.90 Å². The summed E-state index contributed by atoms with van der Waals surface area (Å²) >= 11 is 1.64. The molecule has 102 valence electrons. The summed E-state index contributed by atoms with van der Waals surface area (Å²) in [6, 6.07) is 0. The zero-order valence-corrected chi connectivity index (χ0v) is 11.6. The van der Waals surface area contributed by atoms with Crippen molar-refractivity contribution in [3.63, 3.8) is 0 Å². The van der Waals surface area contributed by atoms with Crippen molar-refractivity contribution in [2.24, 2.45) is 10.9 Å². The summed E-state index contributed by atoms with van der Waals surface area (Å²) in [5, 5.41) is 14.6. The average Bonchev–Trinajstić information content (AvgIpc) is 2.77. The highest BCUT2D eigenvalue weighted by atomic mass is 32.1. The predicted molar refractivity (Wildman–Crippen MR) is 72.0 cm³/mol. The molecule has 0 aliphatic heterocycles. The Morgan fingerprint density at radius 3 is 2.94 bits per heavy atom. The molecular weight excluding hydrogens is 252 g/mol. The Labute approximate surface area is 111 Å². The number of thiazole rings is 1. The number of oxime groups is 1. The first-order valence-corrected chi connectivity index (χ1v) is 6.62. The number of hydrogen-bond donors (Lipinski definition) is 2. The number of hydrogen-bond acceptors (Lipinski definition) is 6. The van der Waals surface area contributed by atoms with Gasteiger partial charge in [0.1, 0.15) is 5.84 Å². The maximum Gasteiger partial charge on any atom is 0.140 e. The number of nitrogens with two attached hydrogens (primary N) is 1. The third kappa shape index (κ3) is 5.44. The summed E-state index contributed by atoms with van der Waals surface area (Å²) in [7, 11) is 1.68. The van der Waals surface area contributed by atoms with Crippen molar-refractivity contribution in [3.8, 4) is 0 Å². The highest BCUT2D eigenvalue weighted by Crippen LogP contribution is 2.10. The quantitative estimate of drug-likeness (QED) is 0.320.